The average Bonchev–Trinajstić information content (AvgIpc) is 2.68. The quantitative estimate of drug-likeness (QED) is 0.445. The summed E-state index contributed by atoms with van der Waals surface area (Å²) in [6.45, 7) is 8.41. The van der Waals surface area contributed by atoms with Crippen LogP contribution in [0, 0.1) is 11.8 Å². The molecule has 1 fully saturated rings. The number of aliphatic carboxylic acids is 1. The molecular weight excluding hydrogens is 368 g/mol. The Morgan fingerprint density at radius 3 is 2.07 bits per heavy atom. The lowest BCUT2D eigenvalue weighted by atomic mass is 9.79. The molecule has 1 aliphatic rings. The van der Waals surface area contributed by atoms with E-state index >= 15 is 0 Å². The van der Waals surface area contributed by atoms with E-state index < -0.39 is 23.9 Å². The van der Waals surface area contributed by atoms with Crippen molar-refractivity contribution in [3.8, 4) is 0 Å². The zero-order chi connectivity index (χ0) is 21.5. The minimum Gasteiger partial charge on any atom is -0.481 e. The fourth-order valence-electron chi connectivity index (χ4n) is 2.72. The SMILES string of the molecule is CC(O)COC(C)COC(C)CO.CCCOC(=O)C1CCCCC1C(=O)O. The van der Waals surface area contributed by atoms with Crippen LogP contribution in [0.5, 0.6) is 0 Å². The van der Waals surface area contributed by atoms with Crippen molar-refractivity contribution in [3.63, 3.8) is 0 Å². The molecule has 0 heterocycles. The summed E-state index contributed by atoms with van der Waals surface area (Å²) in [5.41, 5.74) is 0. The van der Waals surface area contributed by atoms with E-state index in [1.807, 2.05) is 13.8 Å². The van der Waals surface area contributed by atoms with Crippen molar-refractivity contribution in [1.29, 1.82) is 0 Å². The Hall–Kier alpha value is -1.22. The second-order valence-corrected chi connectivity index (χ2v) is 7.32. The molecule has 0 amide bonds. The molecule has 0 aromatic heterocycles. The number of ether oxygens (including phenoxy) is 3. The van der Waals surface area contributed by atoms with Crippen molar-refractivity contribution in [2.75, 3.05) is 26.4 Å². The number of hydrogen-bond acceptors (Lipinski definition) is 7. The van der Waals surface area contributed by atoms with Crippen molar-refractivity contribution >= 4 is 11.9 Å². The highest BCUT2D eigenvalue weighted by atomic mass is 16.5. The summed E-state index contributed by atoms with van der Waals surface area (Å²) < 4.78 is 15.5. The second-order valence-electron chi connectivity index (χ2n) is 7.32. The van der Waals surface area contributed by atoms with E-state index in [0.29, 0.717) is 32.7 Å². The molecule has 0 aromatic carbocycles. The highest BCUT2D eigenvalue weighted by Gasteiger charge is 2.36. The van der Waals surface area contributed by atoms with Gasteiger partial charge in [-0.2, -0.15) is 0 Å². The Morgan fingerprint density at radius 2 is 1.57 bits per heavy atom. The molecule has 5 atom stereocenters. The first-order chi connectivity index (χ1) is 13.2. The van der Waals surface area contributed by atoms with Crippen LogP contribution < -0.4 is 0 Å². The number of esters is 1. The van der Waals surface area contributed by atoms with E-state index in [2.05, 4.69) is 0 Å². The summed E-state index contributed by atoms with van der Waals surface area (Å²) in [5, 5.41) is 26.6. The van der Waals surface area contributed by atoms with Crippen LogP contribution in [0.25, 0.3) is 0 Å². The Kier molecular flexibility index (Phi) is 15.0. The third-order valence-corrected chi connectivity index (χ3v) is 4.33. The van der Waals surface area contributed by atoms with Gasteiger partial charge >= 0.3 is 11.9 Å². The highest BCUT2D eigenvalue weighted by Crippen LogP contribution is 2.31. The van der Waals surface area contributed by atoms with E-state index in [1.54, 1.807) is 13.8 Å². The molecule has 0 aromatic rings. The number of hydrogen-bond donors (Lipinski definition) is 3. The number of carbonyl (C=O) groups is 2. The number of carboxylic acids is 1. The summed E-state index contributed by atoms with van der Waals surface area (Å²) in [4.78, 5) is 22.5. The van der Waals surface area contributed by atoms with Crippen LogP contribution in [0.1, 0.15) is 59.8 Å². The first-order valence-electron chi connectivity index (χ1n) is 10.1. The lowest BCUT2D eigenvalue weighted by Gasteiger charge is -2.26. The zero-order valence-electron chi connectivity index (χ0n) is 17.6. The topological polar surface area (TPSA) is 123 Å². The van der Waals surface area contributed by atoms with Crippen molar-refractivity contribution in [2.45, 2.75) is 78.1 Å². The maximum atomic E-state index is 11.6. The zero-order valence-corrected chi connectivity index (χ0v) is 17.6. The lowest BCUT2D eigenvalue weighted by molar-refractivity contribution is -0.159. The molecule has 8 heteroatoms. The fraction of sp³-hybridized carbons (Fsp3) is 0.900. The Labute approximate surface area is 168 Å². The molecule has 3 N–H and O–H groups in total. The Bertz CT molecular complexity index is 426. The minimum atomic E-state index is -0.867. The lowest BCUT2D eigenvalue weighted by Crippen LogP contribution is -2.33. The molecule has 0 spiro atoms. The maximum Gasteiger partial charge on any atom is 0.309 e. The van der Waals surface area contributed by atoms with Crippen LogP contribution in [0.2, 0.25) is 0 Å². The second kappa shape index (κ2) is 15.7. The third-order valence-electron chi connectivity index (χ3n) is 4.33. The van der Waals surface area contributed by atoms with Gasteiger partial charge in [-0.05, 0) is 40.0 Å². The summed E-state index contributed by atoms with van der Waals surface area (Å²) in [6.07, 6.45) is 3.19. The number of aliphatic hydroxyl groups is 2. The van der Waals surface area contributed by atoms with Gasteiger partial charge in [-0.15, -0.1) is 0 Å². The molecule has 1 aliphatic carbocycles. The molecule has 8 nitrogen and oxygen atoms in total. The van der Waals surface area contributed by atoms with E-state index in [4.69, 9.17) is 29.5 Å². The van der Waals surface area contributed by atoms with E-state index in [9.17, 15) is 9.59 Å². The number of carboxylic acid groups (broad SMARTS) is 1. The van der Waals surface area contributed by atoms with Gasteiger partial charge < -0.3 is 29.5 Å². The molecule has 0 saturated heterocycles. The van der Waals surface area contributed by atoms with Gasteiger partial charge in [-0.25, -0.2) is 0 Å². The van der Waals surface area contributed by atoms with Crippen LogP contribution >= 0.6 is 0 Å². The molecule has 0 bridgehead atoms. The van der Waals surface area contributed by atoms with Crippen molar-refractivity contribution in [3.05, 3.63) is 0 Å². The van der Waals surface area contributed by atoms with Gasteiger partial charge in [0.25, 0.3) is 0 Å². The Balaban J connectivity index is 0.000000528. The first-order valence-corrected chi connectivity index (χ1v) is 10.1. The normalized spacial score (nSPS) is 22.4. The predicted octanol–water partition coefficient (Wildman–Crippen LogP) is 2.00. The summed E-state index contributed by atoms with van der Waals surface area (Å²) in [6, 6.07) is 0. The molecule has 0 radical (unpaired) electrons. The molecule has 166 valence electrons. The first kappa shape index (κ1) is 26.8. The fourth-order valence-corrected chi connectivity index (χ4v) is 2.72. The van der Waals surface area contributed by atoms with E-state index in [1.165, 1.54) is 0 Å². The highest BCUT2D eigenvalue weighted by molar-refractivity contribution is 5.81. The van der Waals surface area contributed by atoms with Gasteiger partial charge in [0.1, 0.15) is 0 Å². The monoisotopic (exact) mass is 406 g/mol. The predicted molar refractivity (Wildman–Crippen MR) is 104 cm³/mol. The van der Waals surface area contributed by atoms with Crippen molar-refractivity contribution < 1.29 is 39.1 Å². The van der Waals surface area contributed by atoms with Gasteiger partial charge in [0.05, 0.1) is 56.6 Å². The number of aliphatic hydroxyl groups excluding tert-OH is 2. The largest absolute Gasteiger partial charge is 0.481 e. The van der Waals surface area contributed by atoms with Crippen molar-refractivity contribution in [2.24, 2.45) is 11.8 Å². The number of rotatable bonds is 11. The van der Waals surface area contributed by atoms with Gasteiger partial charge in [-0.1, -0.05) is 19.8 Å². The van der Waals surface area contributed by atoms with Gasteiger partial charge in [0.15, 0.2) is 0 Å². The number of carbonyl (C=O) groups excluding carboxylic acids is 1. The van der Waals surface area contributed by atoms with Crippen LogP contribution in [-0.4, -0.2) is 72.0 Å². The minimum absolute atomic E-state index is 0.0170. The average molecular weight is 407 g/mol. The smallest absolute Gasteiger partial charge is 0.309 e. The van der Waals surface area contributed by atoms with E-state index in [0.717, 1.165) is 19.3 Å². The summed E-state index contributed by atoms with van der Waals surface area (Å²) >= 11 is 0. The summed E-state index contributed by atoms with van der Waals surface area (Å²) in [7, 11) is 0. The molecule has 1 saturated carbocycles. The standard InChI is InChI=1S/C11H18O4.C9H20O4/c1-2-7-15-11(14)9-6-4-3-5-8(9)10(12)13;1-7(11)5-12-9(3)6-13-8(2)4-10/h8-9H,2-7H2,1H3,(H,12,13);7-11H,4-6H2,1-3H3. The molecule has 28 heavy (non-hydrogen) atoms. The van der Waals surface area contributed by atoms with Gasteiger partial charge in [-0.3, -0.25) is 9.59 Å². The molecule has 0 aliphatic heterocycles. The van der Waals surface area contributed by atoms with Crippen LogP contribution in [-0.2, 0) is 23.8 Å². The maximum absolute atomic E-state index is 11.6. The molecule has 5 unspecified atom stereocenters. The van der Waals surface area contributed by atoms with Gasteiger partial charge in [0, 0.05) is 0 Å². The van der Waals surface area contributed by atoms with Crippen LogP contribution in [0.4, 0.5) is 0 Å². The van der Waals surface area contributed by atoms with Crippen molar-refractivity contribution in [1.82, 2.24) is 0 Å². The van der Waals surface area contributed by atoms with Crippen LogP contribution in [0.15, 0.2) is 0 Å². The third kappa shape index (κ3) is 12.3. The van der Waals surface area contributed by atoms with Crippen LogP contribution in [0.3, 0.4) is 0 Å². The van der Waals surface area contributed by atoms with Gasteiger partial charge in [0.2, 0.25) is 0 Å². The molecular formula is C20H38O8. The van der Waals surface area contributed by atoms with E-state index in [-0.39, 0.29) is 24.8 Å². The molecule has 1 rings (SSSR count). The summed E-state index contributed by atoms with van der Waals surface area (Å²) in [5.74, 6) is -2.16. The Morgan fingerprint density at radius 1 is 1.00 bits per heavy atom.